The Morgan fingerprint density at radius 1 is 1.48 bits per heavy atom. The van der Waals surface area contributed by atoms with Crippen molar-refractivity contribution in [1.82, 2.24) is 5.32 Å². The molecule has 0 heterocycles. The molecule has 0 saturated carbocycles. The molecule has 0 aliphatic rings. The number of halogens is 1. The summed E-state index contributed by atoms with van der Waals surface area (Å²) in [6.07, 6.45) is 0.298. The number of rotatable bonds is 6. The van der Waals surface area contributed by atoms with Crippen LogP contribution >= 0.6 is 0 Å². The largest absolute Gasteiger partial charge is 0.481 e. The van der Waals surface area contributed by atoms with E-state index < -0.39 is 39.8 Å². The number of non-ortho nitro benzene ring substituents is 1. The van der Waals surface area contributed by atoms with Crippen molar-refractivity contribution in [1.29, 1.82) is 0 Å². The summed E-state index contributed by atoms with van der Waals surface area (Å²) in [5, 5.41) is 21.9. The zero-order chi connectivity index (χ0) is 16.2. The molecule has 1 amide bonds. The lowest BCUT2D eigenvalue weighted by Crippen LogP contribution is -2.33. The Hall–Kier alpha value is -2.51. The van der Waals surface area contributed by atoms with Crippen LogP contribution in [0.2, 0.25) is 0 Å². The number of nitrogens with one attached hydrogen (secondary N) is 1. The minimum absolute atomic E-state index is 0.0281. The van der Waals surface area contributed by atoms with Gasteiger partial charge in [-0.1, -0.05) is 6.92 Å². The van der Waals surface area contributed by atoms with Gasteiger partial charge in [0.1, 0.15) is 5.82 Å². The van der Waals surface area contributed by atoms with Crippen molar-refractivity contribution in [3.05, 3.63) is 39.2 Å². The molecule has 0 aliphatic carbocycles. The normalized spacial score (nSPS) is 11.8. The van der Waals surface area contributed by atoms with Gasteiger partial charge in [-0.2, -0.15) is 0 Å². The van der Waals surface area contributed by atoms with Gasteiger partial charge in [0, 0.05) is 18.7 Å². The summed E-state index contributed by atoms with van der Waals surface area (Å²) in [7, 11) is 0. The molecular formula is C13H15FN2O5. The van der Waals surface area contributed by atoms with E-state index in [0.29, 0.717) is 6.42 Å². The minimum atomic E-state index is -1.08. The SMILES string of the molecule is CCC(CNC(=O)c1cc([N+](=O)[O-])cc(C)c1F)C(=O)O. The predicted octanol–water partition coefficient (Wildman–Crippen LogP) is 1.88. The average Bonchev–Trinajstić information content (AvgIpc) is 2.41. The van der Waals surface area contributed by atoms with Crippen LogP contribution in [0.1, 0.15) is 29.3 Å². The van der Waals surface area contributed by atoms with Gasteiger partial charge in [-0.25, -0.2) is 4.39 Å². The van der Waals surface area contributed by atoms with Gasteiger partial charge >= 0.3 is 5.97 Å². The topological polar surface area (TPSA) is 110 Å². The third-order valence-electron chi connectivity index (χ3n) is 3.05. The van der Waals surface area contributed by atoms with Crippen LogP contribution in [0.15, 0.2) is 12.1 Å². The number of aliphatic carboxylic acids is 1. The second kappa shape index (κ2) is 6.78. The van der Waals surface area contributed by atoms with Gasteiger partial charge < -0.3 is 10.4 Å². The van der Waals surface area contributed by atoms with Gasteiger partial charge in [0.2, 0.25) is 0 Å². The van der Waals surface area contributed by atoms with Crippen LogP contribution < -0.4 is 5.32 Å². The molecule has 0 saturated heterocycles. The van der Waals surface area contributed by atoms with Crippen molar-refractivity contribution in [3.63, 3.8) is 0 Å². The molecule has 0 spiro atoms. The summed E-state index contributed by atoms with van der Waals surface area (Å²) in [5.74, 6) is -3.61. The lowest BCUT2D eigenvalue weighted by atomic mass is 10.1. The molecule has 1 atom stereocenters. The number of benzene rings is 1. The highest BCUT2D eigenvalue weighted by atomic mass is 19.1. The highest BCUT2D eigenvalue weighted by Gasteiger charge is 2.21. The smallest absolute Gasteiger partial charge is 0.308 e. The van der Waals surface area contributed by atoms with E-state index in [1.807, 2.05) is 0 Å². The molecule has 7 nitrogen and oxygen atoms in total. The molecule has 1 aromatic rings. The molecular weight excluding hydrogens is 283 g/mol. The van der Waals surface area contributed by atoms with Crippen molar-refractivity contribution >= 4 is 17.6 Å². The third-order valence-corrected chi connectivity index (χ3v) is 3.05. The van der Waals surface area contributed by atoms with Crippen molar-refractivity contribution in [2.45, 2.75) is 20.3 Å². The Bertz CT molecular complexity index is 588. The molecule has 0 aromatic heterocycles. The van der Waals surface area contributed by atoms with Crippen molar-refractivity contribution in [2.75, 3.05) is 6.54 Å². The monoisotopic (exact) mass is 298 g/mol. The van der Waals surface area contributed by atoms with Crippen molar-refractivity contribution in [2.24, 2.45) is 5.92 Å². The quantitative estimate of drug-likeness (QED) is 0.615. The van der Waals surface area contributed by atoms with Gasteiger partial charge in [0.05, 0.1) is 16.4 Å². The zero-order valence-corrected chi connectivity index (χ0v) is 11.6. The van der Waals surface area contributed by atoms with E-state index in [9.17, 15) is 24.1 Å². The highest BCUT2D eigenvalue weighted by Crippen LogP contribution is 2.21. The maximum atomic E-state index is 13.9. The van der Waals surface area contributed by atoms with Crippen LogP contribution in [0, 0.1) is 28.8 Å². The number of nitro benzene ring substituents is 1. The minimum Gasteiger partial charge on any atom is -0.481 e. The Balaban J connectivity index is 2.97. The van der Waals surface area contributed by atoms with Gasteiger partial charge in [0.25, 0.3) is 11.6 Å². The van der Waals surface area contributed by atoms with Crippen LogP contribution in [0.5, 0.6) is 0 Å². The highest BCUT2D eigenvalue weighted by molar-refractivity contribution is 5.95. The third kappa shape index (κ3) is 3.98. The molecule has 1 unspecified atom stereocenters. The summed E-state index contributed by atoms with van der Waals surface area (Å²) in [4.78, 5) is 32.7. The first-order valence-electron chi connectivity index (χ1n) is 6.23. The van der Waals surface area contributed by atoms with E-state index in [4.69, 9.17) is 5.11 Å². The first kappa shape index (κ1) is 16.5. The fraction of sp³-hybridized carbons (Fsp3) is 0.385. The predicted molar refractivity (Wildman–Crippen MR) is 71.5 cm³/mol. The molecule has 0 fully saturated rings. The Kier molecular flexibility index (Phi) is 5.34. The number of hydrogen-bond acceptors (Lipinski definition) is 4. The molecule has 0 aliphatic heterocycles. The standard InChI is InChI=1S/C13H15FN2O5/c1-3-8(13(18)19)6-15-12(17)10-5-9(16(20)21)4-7(2)11(10)14/h4-5,8H,3,6H2,1-2H3,(H,15,17)(H,18,19). The van der Waals surface area contributed by atoms with Gasteiger partial charge in [0.15, 0.2) is 0 Å². The number of nitrogens with zero attached hydrogens (tertiary/aromatic N) is 1. The molecule has 2 N–H and O–H groups in total. The second-order valence-electron chi connectivity index (χ2n) is 4.53. The number of nitro groups is 1. The number of aryl methyl sites for hydroxylation is 1. The average molecular weight is 298 g/mol. The first-order valence-corrected chi connectivity index (χ1v) is 6.23. The second-order valence-corrected chi connectivity index (χ2v) is 4.53. The maximum Gasteiger partial charge on any atom is 0.308 e. The number of carbonyl (C=O) groups is 2. The summed E-state index contributed by atoms with van der Waals surface area (Å²) < 4.78 is 13.9. The van der Waals surface area contributed by atoms with Crippen molar-refractivity contribution in [3.8, 4) is 0 Å². The van der Waals surface area contributed by atoms with E-state index in [0.717, 1.165) is 12.1 Å². The first-order chi connectivity index (χ1) is 9.77. The van der Waals surface area contributed by atoms with Gasteiger partial charge in [-0.3, -0.25) is 19.7 Å². The van der Waals surface area contributed by atoms with E-state index in [2.05, 4.69) is 5.32 Å². The van der Waals surface area contributed by atoms with E-state index in [-0.39, 0.29) is 12.1 Å². The number of carboxylic acid groups (broad SMARTS) is 1. The fourth-order valence-electron chi connectivity index (χ4n) is 1.74. The van der Waals surface area contributed by atoms with Crippen LogP contribution in [0.25, 0.3) is 0 Å². The van der Waals surface area contributed by atoms with Crippen LogP contribution in [-0.4, -0.2) is 28.5 Å². The molecule has 0 radical (unpaired) electrons. The summed E-state index contributed by atoms with van der Waals surface area (Å²) in [6, 6.07) is 1.86. The fourth-order valence-corrected chi connectivity index (χ4v) is 1.74. The van der Waals surface area contributed by atoms with Gasteiger partial charge in [-0.05, 0) is 18.9 Å². The van der Waals surface area contributed by atoms with Crippen LogP contribution in [0.3, 0.4) is 0 Å². The molecule has 1 aromatic carbocycles. The number of carbonyl (C=O) groups excluding carboxylic acids is 1. The maximum absolute atomic E-state index is 13.9. The summed E-state index contributed by atoms with van der Waals surface area (Å²) >= 11 is 0. The van der Waals surface area contributed by atoms with E-state index in [1.54, 1.807) is 6.92 Å². The van der Waals surface area contributed by atoms with Gasteiger partial charge in [-0.15, -0.1) is 0 Å². The summed E-state index contributed by atoms with van der Waals surface area (Å²) in [5.41, 5.74) is -0.897. The van der Waals surface area contributed by atoms with E-state index in [1.165, 1.54) is 6.92 Å². The lowest BCUT2D eigenvalue weighted by Gasteiger charge is -2.12. The number of hydrogen-bond donors (Lipinski definition) is 2. The summed E-state index contributed by atoms with van der Waals surface area (Å²) in [6.45, 7) is 2.78. The molecule has 1 rings (SSSR count). The molecule has 114 valence electrons. The zero-order valence-electron chi connectivity index (χ0n) is 11.6. The Morgan fingerprint density at radius 2 is 2.10 bits per heavy atom. The molecule has 0 bridgehead atoms. The lowest BCUT2D eigenvalue weighted by molar-refractivity contribution is -0.385. The number of carboxylic acids is 1. The Labute approximate surface area is 119 Å². The van der Waals surface area contributed by atoms with Crippen molar-refractivity contribution < 1.29 is 24.0 Å². The van der Waals surface area contributed by atoms with E-state index >= 15 is 0 Å². The molecule has 21 heavy (non-hydrogen) atoms. The Morgan fingerprint density at radius 3 is 2.57 bits per heavy atom. The van der Waals surface area contributed by atoms with Crippen LogP contribution in [-0.2, 0) is 4.79 Å². The number of amides is 1. The molecule has 8 heteroatoms. The van der Waals surface area contributed by atoms with Crippen LogP contribution in [0.4, 0.5) is 10.1 Å².